The molecule has 7 heteroatoms. The zero-order valence-corrected chi connectivity index (χ0v) is 16.1. The molecule has 0 spiro atoms. The van der Waals surface area contributed by atoms with Crippen LogP contribution in [0.2, 0.25) is 0 Å². The van der Waals surface area contributed by atoms with Crippen LogP contribution in [0.4, 0.5) is 10.1 Å². The lowest BCUT2D eigenvalue weighted by atomic mass is 10.1. The van der Waals surface area contributed by atoms with Gasteiger partial charge in [0.2, 0.25) is 5.82 Å². The van der Waals surface area contributed by atoms with Crippen molar-refractivity contribution in [1.82, 2.24) is 10.1 Å². The number of para-hydroxylation sites is 1. The van der Waals surface area contributed by atoms with Crippen LogP contribution in [0.25, 0.3) is 22.8 Å². The molecule has 0 saturated heterocycles. The lowest BCUT2D eigenvalue weighted by Crippen LogP contribution is -2.30. The van der Waals surface area contributed by atoms with Crippen molar-refractivity contribution in [3.05, 3.63) is 84.7 Å². The van der Waals surface area contributed by atoms with Gasteiger partial charge in [0.1, 0.15) is 11.6 Å². The number of hydrogen-bond donors (Lipinski definition) is 1. The molecular weight excluding hydrogens is 385 g/mol. The molecule has 30 heavy (non-hydrogen) atoms. The van der Waals surface area contributed by atoms with Crippen LogP contribution < -0.4 is 10.1 Å². The Hall–Kier alpha value is -4.00. The molecule has 0 fully saturated rings. The number of amides is 1. The minimum Gasteiger partial charge on any atom is -0.481 e. The molecule has 0 unspecified atom stereocenters. The Labute approximate surface area is 172 Å². The molecule has 3 aromatic carbocycles. The molecule has 0 aliphatic rings. The minimum absolute atomic E-state index is 0.289. The van der Waals surface area contributed by atoms with Crippen molar-refractivity contribution in [2.24, 2.45) is 0 Å². The van der Waals surface area contributed by atoms with E-state index in [1.807, 2.05) is 36.4 Å². The van der Waals surface area contributed by atoms with Crippen LogP contribution in [-0.2, 0) is 4.79 Å². The standard InChI is InChI=1S/C23H18FN3O3/c1-15(29-18-13-11-17(24)12-14-18)22(28)25-20-10-6-5-9-19(20)23-26-21(27-30-23)16-7-3-2-4-8-16/h2-15H,1H3,(H,25,28)/t15-/m0/s1. The average molecular weight is 403 g/mol. The van der Waals surface area contributed by atoms with Gasteiger partial charge in [0, 0.05) is 5.56 Å². The van der Waals surface area contributed by atoms with Gasteiger partial charge in [0.25, 0.3) is 11.8 Å². The van der Waals surface area contributed by atoms with Crippen molar-refractivity contribution in [2.75, 3.05) is 5.32 Å². The molecule has 0 aliphatic heterocycles. The molecule has 6 nitrogen and oxygen atoms in total. The summed E-state index contributed by atoms with van der Waals surface area (Å²) in [5, 5.41) is 6.85. The molecule has 1 aromatic heterocycles. The van der Waals surface area contributed by atoms with Gasteiger partial charge in [-0.3, -0.25) is 4.79 Å². The normalized spacial score (nSPS) is 11.7. The number of nitrogens with one attached hydrogen (secondary N) is 1. The molecule has 1 heterocycles. The highest BCUT2D eigenvalue weighted by Gasteiger charge is 2.19. The zero-order chi connectivity index (χ0) is 20.9. The highest BCUT2D eigenvalue weighted by molar-refractivity contribution is 5.97. The second kappa shape index (κ2) is 8.57. The van der Waals surface area contributed by atoms with Crippen molar-refractivity contribution < 1.29 is 18.4 Å². The molecular formula is C23H18FN3O3. The molecule has 1 N–H and O–H groups in total. The quantitative estimate of drug-likeness (QED) is 0.493. The first-order chi connectivity index (χ1) is 14.6. The Kier molecular flexibility index (Phi) is 5.52. The number of benzene rings is 3. The number of carbonyl (C=O) groups is 1. The van der Waals surface area contributed by atoms with Crippen LogP contribution in [0.15, 0.2) is 83.4 Å². The Morgan fingerprint density at radius 3 is 2.47 bits per heavy atom. The Morgan fingerprint density at radius 2 is 1.70 bits per heavy atom. The van der Waals surface area contributed by atoms with Crippen LogP contribution in [-0.4, -0.2) is 22.2 Å². The number of halogens is 1. The second-order valence-electron chi connectivity index (χ2n) is 6.54. The van der Waals surface area contributed by atoms with E-state index in [0.29, 0.717) is 22.8 Å². The molecule has 1 atom stereocenters. The third-order valence-electron chi connectivity index (χ3n) is 4.37. The Bertz CT molecular complexity index is 1140. The first-order valence-electron chi connectivity index (χ1n) is 9.32. The number of carbonyl (C=O) groups excluding carboxylic acids is 1. The van der Waals surface area contributed by atoms with Gasteiger partial charge in [-0.05, 0) is 43.3 Å². The lowest BCUT2D eigenvalue weighted by molar-refractivity contribution is -0.122. The summed E-state index contributed by atoms with van der Waals surface area (Å²) in [5.74, 6) is 0.408. The van der Waals surface area contributed by atoms with Gasteiger partial charge < -0.3 is 14.6 Å². The van der Waals surface area contributed by atoms with Gasteiger partial charge in [0.05, 0.1) is 11.3 Å². The highest BCUT2D eigenvalue weighted by Crippen LogP contribution is 2.28. The largest absolute Gasteiger partial charge is 0.481 e. The maximum absolute atomic E-state index is 13.0. The molecule has 4 rings (SSSR count). The fourth-order valence-corrected chi connectivity index (χ4v) is 2.82. The summed E-state index contributed by atoms with van der Waals surface area (Å²) in [5.41, 5.74) is 1.94. The maximum Gasteiger partial charge on any atom is 0.265 e. The van der Waals surface area contributed by atoms with E-state index in [1.54, 1.807) is 25.1 Å². The summed E-state index contributed by atoms with van der Waals surface area (Å²) < 4.78 is 24.0. The number of nitrogens with zero attached hydrogens (tertiary/aromatic N) is 2. The Morgan fingerprint density at radius 1 is 1.00 bits per heavy atom. The van der Waals surface area contributed by atoms with Crippen LogP contribution in [0.3, 0.4) is 0 Å². The molecule has 0 aliphatic carbocycles. The van der Waals surface area contributed by atoms with E-state index in [0.717, 1.165) is 5.56 Å². The molecule has 0 bridgehead atoms. The predicted molar refractivity (Wildman–Crippen MR) is 110 cm³/mol. The predicted octanol–water partition coefficient (Wildman–Crippen LogP) is 4.95. The van der Waals surface area contributed by atoms with Gasteiger partial charge >= 0.3 is 0 Å². The van der Waals surface area contributed by atoms with E-state index in [1.165, 1.54) is 24.3 Å². The summed E-state index contributed by atoms with van der Waals surface area (Å²) in [4.78, 5) is 17.1. The third-order valence-corrected chi connectivity index (χ3v) is 4.37. The topological polar surface area (TPSA) is 77.2 Å². The van der Waals surface area contributed by atoms with E-state index in [9.17, 15) is 9.18 Å². The van der Waals surface area contributed by atoms with Gasteiger partial charge in [-0.2, -0.15) is 4.98 Å². The fourth-order valence-electron chi connectivity index (χ4n) is 2.82. The highest BCUT2D eigenvalue weighted by atomic mass is 19.1. The molecule has 150 valence electrons. The van der Waals surface area contributed by atoms with Crippen molar-refractivity contribution in [3.63, 3.8) is 0 Å². The fraction of sp³-hybridized carbons (Fsp3) is 0.0870. The third kappa shape index (κ3) is 4.35. The summed E-state index contributed by atoms with van der Waals surface area (Å²) >= 11 is 0. The molecule has 0 saturated carbocycles. The van der Waals surface area contributed by atoms with Crippen LogP contribution in [0.1, 0.15) is 6.92 Å². The first-order valence-corrected chi connectivity index (χ1v) is 9.32. The Balaban J connectivity index is 1.51. The summed E-state index contributed by atoms with van der Waals surface area (Å²) in [6.07, 6.45) is -0.800. The van der Waals surface area contributed by atoms with Gasteiger partial charge in [0.15, 0.2) is 6.10 Å². The lowest BCUT2D eigenvalue weighted by Gasteiger charge is -2.15. The maximum atomic E-state index is 13.0. The number of anilines is 1. The van der Waals surface area contributed by atoms with Crippen molar-refractivity contribution in [1.29, 1.82) is 0 Å². The molecule has 4 aromatic rings. The van der Waals surface area contributed by atoms with Crippen molar-refractivity contribution >= 4 is 11.6 Å². The van der Waals surface area contributed by atoms with Gasteiger partial charge in [-0.15, -0.1) is 0 Å². The summed E-state index contributed by atoms with van der Waals surface area (Å²) in [6, 6.07) is 22.1. The number of aromatic nitrogens is 2. The second-order valence-corrected chi connectivity index (χ2v) is 6.54. The summed E-state index contributed by atoms with van der Waals surface area (Å²) in [6.45, 7) is 1.61. The summed E-state index contributed by atoms with van der Waals surface area (Å²) in [7, 11) is 0. The van der Waals surface area contributed by atoms with E-state index in [-0.39, 0.29) is 17.6 Å². The van der Waals surface area contributed by atoms with Gasteiger partial charge in [-0.1, -0.05) is 47.6 Å². The average Bonchev–Trinajstić information content (AvgIpc) is 3.26. The zero-order valence-electron chi connectivity index (χ0n) is 16.1. The van der Waals surface area contributed by atoms with E-state index in [2.05, 4.69) is 15.5 Å². The van der Waals surface area contributed by atoms with E-state index in [4.69, 9.17) is 9.26 Å². The van der Waals surface area contributed by atoms with Crippen molar-refractivity contribution in [2.45, 2.75) is 13.0 Å². The minimum atomic E-state index is -0.800. The van der Waals surface area contributed by atoms with Crippen LogP contribution in [0, 0.1) is 5.82 Å². The SMILES string of the molecule is C[C@H](Oc1ccc(F)cc1)C(=O)Nc1ccccc1-c1nc(-c2ccccc2)no1. The van der Waals surface area contributed by atoms with Crippen molar-refractivity contribution in [3.8, 4) is 28.6 Å². The van der Waals surface area contributed by atoms with E-state index >= 15 is 0 Å². The monoisotopic (exact) mass is 403 g/mol. The number of rotatable bonds is 6. The van der Waals surface area contributed by atoms with E-state index < -0.39 is 6.10 Å². The van der Waals surface area contributed by atoms with Crippen LogP contribution >= 0.6 is 0 Å². The first kappa shape index (κ1) is 19.3. The molecule has 0 radical (unpaired) electrons. The smallest absolute Gasteiger partial charge is 0.265 e. The number of hydrogen-bond acceptors (Lipinski definition) is 5. The molecule has 1 amide bonds. The van der Waals surface area contributed by atoms with Crippen LogP contribution in [0.5, 0.6) is 5.75 Å². The van der Waals surface area contributed by atoms with Gasteiger partial charge in [-0.25, -0.2) is 4.39 Å². The number of ether oxygens (including phenoxy) is 1.